The van der Waals surface area contributed by atoms with E-state index >= 15 is 0 Å². The van der Waals surface area contributed by atoms with Crippen LogP contribution >= 0.6 is 23.2 Å². The van der Waals surface area contributed by atoms with Gasteiger partial charge in [0.2, 0.25) is 0 Å². The second-order valence-corrected chi connectivity index (χ2v) is 7.40. The smallest absolute Gasteiger partial charge is 0.164 e. The average molecular weight is 372 g/mol. The lowest BCUT2D eigenvalue weighted by atomic mass is 9.94. The first kappa shape index (κ1) is 16.6. The molecule has 1 aliphatic carbocycles. The van der Waals surface area contributed by atoms with Crippen molar-refractivity contribution >= 4 is 23.2 Å². The molecule has 0 bridgehead atoms. The number of rotatable bonds is 3. The maximum Gasteiger partial charge on any atom is 0.164 e. The molecule has 0 unspecified atom stereocenters. The van der Waals surface area contributed by atoms with Crippen LogP contribution in [-0.2, 0) is 0 Å². The molecule has 25 heavy (non-hydrogen) atoms. The van der Waals surface area contributed by atoms with E-state index < -0.39 is 0 Å². The predicted molar refractivity (Wildman–Crippen MR) is 103 cm³/mol. The van der Waals surface area contributed by atoms with Crippen molar-refractivity contribution in [2.75, 3.05) is 0 Å². The summed E-state index contributed by atoms with van der Waals surface area (Å²) in [5.41, 5.74) is 2.09. The molecule has 0 spiro atoms. The molecule has 128 valence electrons. The summed E-state index contributed by atoms with van der Waals surface area (Å²) in [7, 11) is 0. The molecule has 5 heteroatoms. The van der Waals surface area contributed by atoms with Gasteiger partial charge < -0.3 is 4.57 Å². The van der Waals surface area contributed by atoms with Crippen molar-refractivity contribution in [3.05, 3.63) is 58.6 Å². The lowest BCUT2D eigenvalue weighted by molar-refractivity contribution is 0.357. The normalized spacial score (nSPS) is 15.4. The van der Waals surface area contributed by atoms with Crippen LogP contribution in [-0.4, -0.2) is 14.8 Å². The Morgan fingerprint density at radius 1 is 0.680 bits per heavy atom. The fraction of sp³-hybridized carbons (Fsp3) is 0.300. The topological polar surface area (TPSA) is 30.7 Å². The summed E-state index contributed by atoms with van der Waals surface area (Å²) < 4.78 is 2.31. The van der Waals surface area contributed by atoms with E-state index in [-0.39, 0.29) is 0 Å². The van der Waals surface area contributed by atoms with E-state index in [1.165, 1.54) is 32.1 Å². The monoisotopic (exact) mass is 371 g/mol. The summed E-state index contributed by atoms with van der Waals surface area (Å²) >= 11 is 12.1. The minimum atomic E-state index is 0.431. The van der Waals surface area contributed by atoms with E-state index in [1.54, 1.807) is 0 Å². The third kappa shape index (κ3) is 3.44. The lowest BCUT2D eigenvalue weighted by Gasteiger charge is -2.26. The number of hydrogen-bond acceptors (Lipinski definition) is 2. The summed E-state index contributed by atoms with van der Waals surface area (Å²) in [6.07, 6.45) is 6.15. The Kier molecular flexibility index (Phi) is 4.78. The second kappa shape index (κ2) is 7.19. The van der Waals surface area contributed by atoms with Crippen molar-refractivity contribution < 1.29 is 0 Å². The van der Waals surface area contributed by atoms with Crippen LogP contribution in [0.3, 0.4) is 0 Å². The SMILES string of the molecule is Clc1ccc(-c2nnc(-c3ccc(Cl)cc3)n2C2CCCCC2)cc1. The van der Waals surface area contributed by atoms with Crippen LogP contribution in [0.25, 0.3) is 22.8 Å². The van der Waals surface area contributed by atoms with Crippen molar-refractivity contribution in [2.24, 2.45) is 0 Å². The molecule has 3 nitrogen and oxygen atoms in total. The molecule has 1 heterocycles. The average Bonchev–Trinajstić information content (AvgIpc) is 3.09. The Balaban J connectivity index is 1.83. The van der Waals surface area contributed by atoms with Crippen molar-refractivity contribution in [1.29, 1.82) is 0 Å². The van der Waals surface area contributed by atoms with Crippen molar-refractivity contribution in [3.63, 3.8) is 0 Å². The Hall–Kier alpha value is -1.84. The molecule has 1 saturated carbocycles. The van der Waals surface area contributed by atoms with Gasteiger partial charge in [0.05, 0.1) is 0 Å². The van der Waals surface area contributed by atoms with Gasteiger partial charge in [-0.05, 0) is 61.4 Å². The molecule has 0 atom stereocenters. The summed E-state index contributed by atoms with van der Waals surface area (Å²) in [4.78, 5) is 0. The maximum atomic E-state index is 6.05. The Bertz CT molecular complexity index is 785. The molecule has 0 radical (unpaired) electrons. The van der Waals surface area contributed by atoms with Gasteiger partial charge in [0.15, 0.2) is 11.6 Å². The van der Waals surface area contributed by atoms with E-state index in [4.69, 9.17) is 23.2 Å². The molecule has 1 aromatic heterocycles. The van der Waals surface area contributed by atoms with E-state index in [9.17, 15) is 0 Å². The van der Waals surface area contributed by atoms with Crippen LogP contribution in [0.1, 0.15) is 38.1 Å². The van der Waals surface area contributed by atoms with Crippen LogP contribution in [0.5, 0.6) is 0 Å². The van der Waals surface area contributed by atoms with Gasteiger partial charge in [0, 0.05) is 27.2 Å². The van der Waals surface area contributed by atoms with Gasteiger partial charge in [-0.25, -0.2) is 0 Å². The summed E-state index contributed by atoms with van der Waals surface area (Å²) in [5, 5.41) is 10.5. The molecular formula is C20H19Cl2N3. The van der Waals surface area contributed by atoms with E-state index in [1.807, 2.05) is 48.5 Å². The molecule has 1 fully saturated rings. The molecular weight excluding hydrogens is 353 g/mol. The van der Waals surface area contributed by atoms with Gasteiger partial charge in [0.1, 0.15) is 0 Å². The van der Waals surface area contributed by atoms with Gasteiger partial charge in [-0.3, -0.25) is 0 Å². The van der Waals surface area contributed by atoms with Crippen molar-refractivity contribution in [1.82, 2.24) is 14.8 Å². The van der Waals surface area contributed by atoms with Gasteiger partial charge in [-0.1, -0.05) is 42.5 Å². The maximum absolute atomic E-state index is 6.05. The molecule has 0 amide bonds. The van der Waals surface area contributed by atoms with Crippen LogP contribution < -0.4 is 0 Å². The number of benzene rings is 2. The van der Waals surface area contributed by atoms with Gasteiger partial charge >= 0.3 is 0 Å². The van der Waals surface area contributed by atoms with Crippen molar-refractivity contribution in [3.8, 4) is 22.8 Å². The Morgan fingerprint density at radius 3 is 1.56 bits per heavy atom. The minimum absolute atomic E-state index is 0.431. The third-order valence-corrected chi connectivity index (χ3v) is 5.34. The summed E-state index contributed by atoms with van der Waals surface area (Å²) in [6, 6.07) is 16.1. The molecule has 0 N–H and O–H groups in total. The zero-order valence-electron chi connectivity index (χ0n) is 13.8. The van der Waals surface area contributed by atoms with Crippen LogP contribution in [0.2, 0.25) is 10.0 Å². The summed E-state index contributed by atoms with van der Waals surface area (Å²) in [6.45, 7) is 0. The first-order chi connectivity index (χ1) is 12.2. The third-order valence-electron chi connectivity index (χ3n) is 4.84. The minimum Gasteiger partial charge on any atom is -0.304 e. The highest BCUT2D eigenvalue weighted by atomic mass is 35.5. The summed E-state index contributed by atoms with van der Waals surface area (Å²) in [5.74, 6) is 1.82. The zero-order chi connectivity index (χ0) is 17.2. The first-order valence-corrected chi connectivity index (χ1v) is 9.45. The van der Waals surface area contributed by atoms with Crippen LogP contribution in [0.4, 0.5) is 0 Å². The Labute approximate surface area is 157 Å². The highest BCUT2D eigenvalue weighted by Gasteiger charge is 2.24. The molecule has 0 saturated heterocycles. The molecule has 2 aromatic carbocycles. The number of hydrogen-bond donors (Lipinski definition) is 0. The fourth-order valence-electron chi connectivity index (χ4n) is 3.57. The highest BCUT2D eigenvalue weighted by Crippen LogP contribution is 2.36. The van der Waals surface area contributed by atoms with Crippen LogP contribution in [0, 0.1) is 0 Å². The Morgan fingerprint density at radius 2 is 1.12 bits per heavy atom. The van der Waals surface area contributed by atoms with Gasteiger partial charge in [-0.15, -0.1) is 10.2 Å². The molecule has 4 rings (SSSR count). The zero-order valence-corrected chi connectivity index (χ0v) is 15.3. The fourth-order valence-corrected chi connectivity index (χ4v) is 3.82. The largest absolute Gasteiger partial charge is 0.304 e. The van der Waals surface area contributed by atoms with Crippen molar-refractivity contribution in [2.45, 2.75) is 38.1 Å². The standard InChI is InChI=1S/C20H19Cl2N3/c21-16-10-6-14(7-11-16)19-23-24-20(15-8-12-17(22)13-9-15)25(19)18-4-2-1-3-5-18/h6-13,18H,1-5H2. The van der Waals surface area contributed by atoms with E-state index in [2.05, 4.69) is 14.8 Å². The van der Waals surface area contributed by atoms with E-state index in [0.29, 0.717) is 6.04 Å². The highest BCUT2D eigenvalue weighted by molar-refractivity contribution is 6.30. The lowest BCUT2D eigenvalue weighted by Crippen LogP contribution is -2.15. The molecule has 0 aliphatic heterocycles. The van der Waals surface area contributed by atoms with Crippen LogP contribution in [0.15, 0.2) is 48.5 Å². The van der Waals surface area contributed by atoms with Gasteiger partial charge in [-0.2, -0.15) is 0 Å². The van der Waals surface area contributed by atoms with Gasteiger partial charge in [0.25, 0.3) is 0 Å². The number of aromatic nitrogens is 3. The predicted octanol–water partition coefficient (Wildman–Crippen LogP) is 6.42. The number of nitrogens with zero attached hydrogens (tertiary/aromatic N) is 3. The quantitative estimate of drug-likeness (QED) is 0.531. The molecule has 1 aliphatic rings. The number of halogens is 2. The second-order valence-electron chi connectivity index (χ2n) is 6.52. The molecule has 3 aromatic rings. The first-order valence-electron chi connectivity index (χ1n) is 8.69. The van der Waals surface area contributed by atoms with E-state index in [0.717, 1.165) is 32.8 Å².